The third-order valence-electron chi connectivity index (χ3n) is 3.78. The van der Waals surface area contributed by atoms with E-state index in [0.717, 1.165) is 42.3 Å². The molecule has 1 aromatic heterocycles. The zero-order valence-corrected chi connectivity index (χ0v) is 12.1. The molecule has 2 aromatic rings. The Morgan fingerprint density at radius 3 is 2.85 bits per heavy atom. The average Bonchev–Trinajstić information content (AvgIpc) is 2.89. The molecule has 0 spiro atoms. The second kappa shape index (κ2) is 5.17. The van der Waals surface area contributed by atoms with Crippen LogP contribution in [0.15, 0.2) is 18.2 Å². The fourth-order valence-corrected chi connectivity index (χ4v) is 2.73. The molecule has 0 fully saturated rings. The largest absolute Gasteiger partial charge is 0.493 e. The van der Waals surface area contributed by atoms with Gasteiger partial charge in [-0.1, -0.05) is 6.07 Å². The van der Waals surface area contributed by atoms with E-state index in [1.165, 1.54) is 11.3 Å². The predicted molar refractivity (Wildman–Crippen MR) is 77.2 cm³/mol. The Morgan fingerprint density at radius 2 is 2.10 bits per heavy atom. The standard InChI is InChI=1S/C15H19N3O2/c1-18-8-7-12-11(9-18)14(17-16-12)10-5-4-6-13(19-2)15(10)20-3/h4-6H,7-9H2,1-3H3,(H,16,17). The summed E-state index contributed by atoms with van der Waals surface area (Å²) in [6, 6.07) is 5.88. The summed E-state index contributed by atoms with van der Waals surface area (Å²) in [4.78, 5) is 2.30. The minimum absolute atomic E-state index is 0.728. The Kier molecular flexibility index (Phi) is 3.36. The molecule has 0 unspecified atom stereocenters. The highest BCUT2D eigenvalue weighted by Crippen LogP contribution is 2.39. The monoisotopic (exact) mass is 273 g/mol. The number of hydrogen-bond donors (Lipinski definition) is 1. The number of nitrogens with one attached hydrogen (secondary N) is 1. The molecular weight excluding hydrogens is 254 g/mol. The topological polar surface area (TPSA) is 50.4 Å². The van der Waals surface area contributed by atoms with Gasteiger partial charge in [0.25, 0.3) is 0 Å². The first kappa shape index (κ1) is 13.0. The smallest absolute Gasteiger partial charge is 0.170 e. The van der Waals surface area contributed by atoms with Crippen LogP contribution in [-0.4, -0.2) is 42.9 Å². The van der Waals surface area contributed by atoms with Gasteiger partial charge in [0, 0.05) is 36.3 Å². The lowest BCUT2D eigenvalue weighted by molar-refractivity contribution is 0.312. The van der Waals surface area contributed by atoms with Gasteiger partial charge in [0.15, 0.2) is 11.5 Å². The maximum absolute atomic E-state index is 5.52. The van der Waals surface area contributed by atoms with Crippen LogP contribution in [0, 0.1) is 0 Å². The van der Waals surface area contributed by atoms with E-state index in [4.69, 9.17) is 9.47 Å². The number of rotatable bonds is 3. The third kappa shape index (κ3) is 2.04. The number of hydrogen-bond acceptors (Lipinski definition) is 4. The van der Waals surface area contributed by atoms with Gasteiger partial charge in [0.2, 0.25) is 0 Å². The van der Waals surface area contributed by atoms with Gasteiger partial charge in [0.05, 0.1) is 14.2 Å². The summed E-state index contributed by atoms with van der Waals surface area (Å²) in [5, 5.41) is 7.66. The number of benzene rings is 1. The average molecular weight is 273 g/mol. The van der Waals surface area contributed by atoms with E-state index in [9.17, 15) is 0 Å². The normalized spacial score (nSPS) is 14.9. The first-order valence-corrected chi connectivity index (χ1v) is 6.70. The first-order valence-electron chi connectivity index (χ1n) is 6.70. The van der Waals surface area contributed by atoms with Crippen molar-refractivity contribution in [3.8, 4) is 22.8 Å². The van der Waals surface area contributed by atoms with Crippen LogP contribution in [0.1, 0.15) is 11.3 Å². The van der Waals surface area contributed by atoms with Crippen LogP contribution in [0.3, 0.4) is 0 Å². The molecule has 20 heavy (non-hydrogen) atoms. The third-order valence-corrected chi connectivity index (χ3v) is 3.78. The van der Waals surface area contributed by atoms with E-state index < -0.39 is 0 Å². The molecule has 1 aromatic carbocycles. The fourth-order valence-electron chi connectivity index (χ4n) is 2.73. The molecule has 106 valence electrons. The summed E-state index contributed by atoms with van der Waals surface area (Å²) in [6.45, 7) is 1.96. The highest BCUT2D eigenvalue weighted by molar-refractivity contribution is 5.74. The molecule has 0 saturated carbocycles. The van der Waals surface area contributed by atoms with Crippen molar-refractivity contribution in [3.63, 3.8) is 0 Å². The number of methoxy groups -OCH3 is 2. The number of aromatic amines is 1. The van der Waals surface area contributed by atoms with Gasteiger partial charge in [-0.3, -0.25) is 5.10 Å². The Morgan fingerprint density at radius 1 is 1.25 bits per heavy atom. The maximum Gasteiger partial charge on any atom is 0.170 e. The number of aromatic nitrogens is 2. The van der Waals surface area contributed by atoms with Crippen LogP contribution in [0.5, 0.6) is 11.5 Å². The van der Waals surface area contributed by atoms with Crippen molar-refractivity contribution in [2.45, 2.75) is 13.0 Å². The van der Waals surface area contributed by atoms with Gasteiger partial charge in [-0.05, 0) is 19.2 Å². The number of fused-ring (bicyclic) bond motifs is 1. The van der Waals surface area contributed by atoms with Crippen LogP contribution in [-0.2, 0) is 13.0 Å². The van der Waals surface area contributed by atoms with Gasteiger partial charge >= 0.3 is 0 Å². The summed E-state index contributed by atoms with van der Waals surface area (Å²) in [5.41, 5.74) is 4.41. The van der Waals surface area contributed by atoms with Crippen molar-refractivity contribution in [2.24, 2.45) is 0 Å². The summed E-state index contributed by atoms with van der Waals surface area (Å²) < 4.78 is 10.9. The molecule has 1 aliphatic rings. The molecule has 5 nitrogen and oxygen atoms in total. The van der Waals surface area contributed by atoms with E-state index in [0.29, 0.717) is 0 Å². The van der Waals surface area contributed by atoms with Crippen molar-refractivity contribution in [2.75, 3.05) is 27.8 Å². The van der Waals surface area contributed by atoms with Crippen molar-refractivity contribution in [1.29, 1.82) is 0 Å². The molecule has 0 atom stereocenters. The van der Waals surface area contributed by atoms with Gasteiger partial charge in [0.1, 0.15) is 5.69 Å². The van der Waals surface area contributed by atoms with E-state index in [1.54, 1.807) is 14.2 Å². The summed E-state index contributed by atoms with van der Waals surface area (Å²) in [5.74, 6) is 1.46. The van der Waals surface area contributed by atoms with Crippen LogP contribution in [0.2, 0.25) is 0 Å². The highest BCUT2D eigenvalue weighted by atomic mass is 16.5. The Hall–Kier alpha value is -2.01. The number of H-pyrrole nitrogens is 1. The van der Waals surface area contributed by atoms with Crippen molar-refractivity contribution in [3.05, 3.63) is 29.5 Å². The van der Waals surface area contributed by atoms with E-state index in [1.807, 2.05) is 18.2 Å². The zero-order valence-electron chi connectivity index (χ0n) is 12.1. The van der Waals surface area contributed by atoms with Crippen LogP contribution in [0.25, 0.3) is 11.3 Å². The molecular formula is C15H19N3O2. The Labute approximate surface area is 118 Å². The molecule has 5 heteroatoms. The molecule has 0 radical (unpaired) electrons. The first-order chi connectivity index (χ1) is 9.74. The van der Waals surface area contributed by atoms with Crippen LogP contribution >= 0.6 is 0 Å². The molecule has 3 rings (SSSR count). The van der Waals surface area contributed by atoms with Gasteiger partial charge in [-0.25, -0.2) is 0 Å². The van der Waals surface area contributed by atoms with E-state index >= 15 is 0 Å². The second-order valence-corrected chi connectivity index (χ2v) is 5.06. The lowest BCUT2D eigenvalue weighted by atomic mass is 10.0. The van der Waals surface area contributed by atoms with Crippen molar-refractivity contribution >= 4 is 0 Å². The number of ether oxygens (including phenoxy) is 2. The molecule has 1 N–H and O–H groups in total. The highest BCUT2D eigenvalue weighted by Gasteiger charge is 2.23. The second-order valence-electron chi connectivity index (χ2n) is 5.06. The van der Waals surface area contributed by atoms with E-state index in [-0.39, 0.29) is 0 Å². The lowest BCUT2D eigenvalue weighted by Crippen LogP contribution is -2.26. The molecule has 0 saturated heterocycles. The number of para-hydroxylation sites is 1. The Bertz CT molecular complexity index is 622. The molecule has 1 aliphatic heterocycles. The van der Waals surface area contributed by atoms with Crippen LogP contribution in [0.4, 0.5) is 0 Å². The molecule has 0 aliphatic carbocycles. The predicted octanol–water partition coefficient (Wildman–Crippen LogP) is 2.08. The maximum atomic E-state index is 5.52. The molecule has 2 heterocycles. The van der Waals surface area contributed by atoms with Crippen LogP contribution < -0.4 is 9.47 Å². The SMILES string of the molecule is COc1cccc(-c2n[nH]c3c2CN(C)CC3)c1OC. The molecule has 0 amide bonds. The van der Waals surface area contributed by atoms with Crippen molar-refractivity contribution < 1.29 is 9.47 Å². The summed E-state index contributed by atoms with van der Waals surface area (Å²) in [6.07, 6.45) is 1.01. The lowest BCUT2D eigenvalue weighted by Gasteiger charge is -2.22. The minimum atomic E-state index is 0.728. The molecule has 0 bridgehead atoms. The van der Waals surface area contributed by atoms with E-state index in [2.05, 4.69) is 22.1 Å². The fraction of sp³-hybridized carbons (Fsp3) is 0.400. The summed E-state index contributed by atoms with van der Waals surface area (Å²) >= 11 is 0. The minimum Gasteiger partial charge on any atom is -0.493 e. The van der Waals surface area contributed by atoms with Crippen molar-refractivity contribution in [1.82, 2.24) is 15.1 Å². The van der Waals surface area contributed by atoms with Gasteiger partial charge in [-0.2, -0.15) is 5.10 Å². The number of nitrogens with zero attached hydrogens (tertiary/aromatic N) is 2. The quantitative estimate of drug-likeness (QED) is 0.930. The Balaban J connectivity index is 2.12. The van der Waals surface area contributed by atoms with Gasteiger partial charge in [-0.15, -0.1) is 0 Å². The van der Waals surface area contributed by atoms with Gasteiger partial charge < -0.3 is 14.4 Å². The summed E-state index contributed by atoms with van der Waals surface area (Å²) in [7, 11) is 5.44. The zero-order chi connectivity index (χ0) is 14.1. The number of likely N-dealkylation sites (N-methyl/N-ethyl adjacent to an activating group) is 1.